The minimum atomic E-state index is -0.729. The van der Waals surface area contributed by atoms with Crippen molar-refractivity contribution in [1.82, 2.24) is 29.6 Å². The number of hydrogen-bond acceptors (Lipinski definition) is 9. The molecule has 0 radical (unpaired) electrons. The summed E-state index contributed by atoms with van der Waals surface area (Å²) >= 11 is 3.40. The molecule has 1 N–H and O–H groups in total. The highest BCUT2D eigenvalue weighted by Crippen LogP contribution is 2.60. The molecule has 4 aromatic rings. The van der Waals surface area contributed by atoms with E-state index in [2.05, 4.69) is 41.3 Å². The second-order valence-corrected chi connectivity index (χ2v) is 12.9. The molecule has 3 aliphatic rings. The zero-order valence-corrected chi connectivity index (χ0v) is 27.0. The Morgan fingerprint density at radius 3 is 2.63 bits per heavy atom. The van der Waals surface area contributed by atoms with Crippen molar-refractivity contribution in [2.75, 3.05) is 25.1 Å². The van der Waals surface area contributed by atoms with Gasteiger partial charge in [0.1, 0.15) is 34.5 Å². The van der Waals surface area contributed by atoms with Gasteiger partial charge in [-0.2, -0.15) is 5.10 Å². The number of carbonyl (C=O) groups is 3. The molecule has 1 saturated heterocycles. The lowest BCUT2D eigenvalue weighted by atomic mass is 10.00. The summed E-state index contributed by atoms with van der Waals surface area (Å²) in [6.45, 7) is 4.64. The molecular formula is C33H32BrN7O5. The molecule has 2 amide bonds. The van der Waals surface area contributed by atoms with Gasteiger partial charge in [0.05, 0.1) is 31.9 Å². The van der Waals surface area contributed by atoms with E-state index in [1.165, 1.54) is 6.92 Å². The van der Waals surface area contributed by atoms with Gasteiger partial charge in [0.25, 0.3) is 0 Å². The fraction of sp³-hybridized carbons (Fsp3) is 0.364. The number of nitrogens with zero attached hydrogens (tertiary/aromatic N) is 6. The van der Waals surface area contributed by atoms with Crippen LogP contribution in [0.25, 0.3) is 22.0 Å². The second-order valence-electron chi connectivity index (χ2n) is 12.0. The molecule has 2 unspecified atom stereocenters. The number of Topliss-reactive ketones (excluding diaryl/α,β-unsaturated/α-hetero) is 1. The third-order valence-electron chi connectivity index (χ3n) is 8.92. The van der Waals surface area contributed by atoms with Crippen LogP contribution in [0.1, 0.15) is 41.6 Å². The zero-order valence-electron chi connectivity index (χ0n) is 25.4. The number of aromatic nitrogens is 5. The lowest BCUT2D eigenvalue weighted by molar-refractivity contribution is -0.138. The van der Waals surface area contributed by atoms with Gasteiger partial charge in [-0.05, 0) is 59.5 Å². The van der Waals surface area contributed by atoms with E-state index < -0.39 is 6.04 Å². The normalized spacial score (nSPS) is 23.5. The predicted octanol–water partition coefficient (Wildman–Crippen LogP) is 4.26. The van der Waals surface area contributed by atoms with E-state index in [1.54, 1.807) is 28.0 Å². The smallest absolute Gasteiger partial charge is 0.248 e. The lowest BCUT2D eigenvalue weighted by Crippen LogP contribution is -2.47. The molecule has 2 fully saturated rings. The molecule has 2 aliphatic heterocycles. The third-order valence-corrected chi connectivity index (χ3v) is 9.36. The fourth-order valence-corrected chi connectivity index (χ4v) is 6.81. The molecule has 7 rings (SSSR count). The van der Waals surface area contributed by atoms with E-state index in [0.717, 1.165) is 23.1 Å². The highest BCUT2D eigenvalue weighted by atomic mass is 79.9. The summed E-state index contributed by atoms with van der Waals surface area (Å²) in [6.07, 6.45) is 8.50. The number of rotatable bonds is 4. The van der Waals surface area contributed by atoms with Gasteiger partial charge in [-0.1, -0.05) is 24.3 Å². The Hall–Kier alpha value is -4.33. The summed E-state index contributed by atoms with van der Waals surface area (Å²) in [4.78, 5) is 55.5. The minimum absolute atomic E-state index is 0.134. The van der Waals surface area contributed by atoms with Crippen LogP contribution in [0.2, 0.25) is 0 Å². The van der Waals surface area contributed by atoms with Crippen molar-refractivity contribution < 1.29 is 23.9 Å². The van der Waals surface area contributed by atoms with E-state index in [1.807, 2.05) is 43.3 Å². The van der Waals surface area contributed by atoms with Crippen LogP contribution >= 0.6 is 15.9 Å². The number of carbonyl (C=O) groups excluding carboxylic acids is 3. The first-order chi connectivity index (χ1) is 22.2. The van der Waals surface area contributed by atoms with E-state index in [0.29, 0.717) is 53.4 Å². The molecule has 3 atom stereocenters. The molecule has 1 saturated carbocycles. The molecule has 1 aromatic carbocycles. The Morgan fingerprint density at radius 1 is 1.07 bits per heavy atom. The van der Waals surface area contributed by atoms with Crippen LogP contribution in [0.4, 0.5) is 5.82 Å². The summed E-state index contributed by atoms with van der Waals surface area (Å²) in [7, 11) is 0. The van der Waals surface area contributed by atoms with E-state index in [-0.39, 0.29) is 47.9 Å². The number of fused-ring (bicyclic) bond motifs is 3. The van der Waals surface area contributed by atoms with E-state index in [9.17, 15) is 14.4 Å². The Balaban J connectivity index is 1.20. The van der Waals surface area contributed by atoms with Gasteiger partial charge in [0.15, 0.2) is 5.78 Å². The maximum absolute atomic E-state index is 14.2. The van der Waals surface area contributed by atoms with Crippen LogP contribution in [-0.2, 0) is 32.2 Å². The van der Waals surface area contributed by atoms with Crippen molar-refractivity contribution in [1.29, 1.82) is 0 Å². The molecule has 236 valence electrons. The number of likely N-dealkylation sites (tertiary alicyclic amines) is 1. The lowest BCUT2D eigenvalue weighted by Gasteiger charge is -2.27. The molecular weight excluding hydrogens is 654 g/mol. The third kappa shape index (κ3) is 5.74. The SMILES string of the molecule is CC(=O)c1nn(CC(=O)N2C3CC34COC/C=C/COCc3ccc(Br)nc3NC(=O)[C@@H]2C4)c2ccc(-c3cnc(C)nc3)cc12. The number of anilines is 1. The predicted molar refractivity (Wildman–Crippen MR) is 172 cm³/mol. The highest BCUT2D eigenvalue weighted by Gasteiger charge is 2.67. The number of benzene rings is 1. The van der Waals surface area contributed by atoms with Gasteiger partial charge in [-0.15, -0.1) is 0 Å². The first-order valence-electron chi connectivity index (χ1n) is 15.1. The van der Waals surface area contributed by atoms with Crippen LogP contribution < -0.4 is 5.32 Å². The summed E-state index contributed by atoms with van der Waals surface area (Å²) < 4.78 is 13.9. The summed E-state index contributed by atoms with van der Waals surface area (Å²) in [6, 6.07) is 8.39. The number of piperidine rings is 1. The van der Waals surface area contributed by atoms with Crippen LogP contribution in [-0.4, -0.2) is 79.1 Å². The first-order valence-corrected chi connectivity index (χ1v) is 15.9. The first kappa shape index (κ1) is 30.3. The quantitative estimate of drug-likeness (QED) is 0.189. The van der Waals surface area contributed by atoms with Crippen LogP contribution in [0.15, 0.2) is 59.5 Å². The number of halogens is 1. The van der Waals surface area contributed by atoms with Gasteiger partial charge >= 0.3 is 0 Å². The maximum atomic E-state index is 14.2. The summed E-state index contributed by atoms with van der Waals surface area (Å²) in [5.41, 5.74) is 2.97. The Morgan fingerprint density at radius 2 is 1.85 bits per heavy atom. The van der Waals surface area contributed by atoms with Gasteiger partial charge in [-0.25, -0.2) is 15.0 Å². The second kappa shape index (κ2) is 12.1. The summed E-state index contributed by atoms with van der Waals surface area (Å²) in [5.74, 6) is 0.254. The molecule has 13 heteroatoms. The number of ketones is 1. The minimum Gasteiger partial charge on any atom is -0.377 e. The molecule has 5 heterocycles. The van der Waals surface area contributed by atoms with Gasteiger partial charge in [0, 0.05) is 47.3 Å². The maximum Gasteiger partial charge on any atom is 0.248 e. The Bertz CT molecular complexity index is 1890. The van der Waals surface area contributed by atoms with Gasteiger partial charge in [-0.3, -0.25) is 19.1 Å². The van der Waals surface area contributed by atoms with Crippen molar-refractivity contribution in [3.63, 3.8) is 0 Å². The van der Waals surface area contributed by atoms with E-state index >= 15 is 0 Å². The van der Waals surface area contributed by atoms with Crippen LogP contribution in [0.3, 0.4) is 0 Å². The molecule has 12 nitrogen and oxygen atoms in total. The number of amides is 2. The average molecular weight is 687 g/mol. The molecule has 3 aromatic heterocycles. The van der Waals surface area contributed by atoms with Gasteiger partial charge in [0.2, 0.25) is 11.8 Å². The summed E-state index contributed by atoms with van der Waals surface area (Å²) in [5, 5.41) is 8.18. The van der Waals surface area contributed by atoms with Crippen molar-refractivity contribution in [3.05, 3.63) is 76.6 Å². The van der Waals surface area contributed by atoms with Crippen LogP contribution in [0.5, 0.6) is 0 Å². The Labute approximate surface area is 273 Å². The largest absolute Gasteiger partial charge is 0.377 e. The zero-order chi connectivity index (χ0) is 32.0. The highest BCUT2D eigenvalue weighted by molar-refractivity contribution is 9.10. The van der Waals surface area contributed by atoms with Crippen LogP contribution in [0, 0.1) is 12.3 Å². The monoisotopic (exact) mass is 685 g/mol. The topological polar surface area (TPSA) is 141 Å². The molecule has 1 aliphatic carbocycles. The number of nitrogens with one attached hydrogen (secondary N) is 1. The van der Waals surface area contributed by atoms with Crippen molar-refractivity contribution in [2.45, 2.75) is 51.9 Å². The number of hydrogen-bond donors (Lipinski definition) is 1. The Kier molecular flexibility index (Phi) is 7.99. The van der Waals surface area contributed by atoms with E-state index in [4.69, 9.17) is 9.47 Å². The number of ether oxygens (including phenoxy) is 2. The fourth-order valence-electron chi connectivity index (χ4n) is 6.50. The molecule has 46 heavy (non-hydrogen) atoms. The molecule has 1 spiro atoms. The number of pyridine rings is 1. The molecule has 2 bridgehead atoms. The average Bonchev–Trinajstić information content (AvgIpc) is 3.45. The van der Waals surface area contributed by atoms with Gasteiger partial charge < -0.3 is 19.7 Å². The van der Waals surface area contributed by atoms with Crippen molar-refractivity contribution in [3.8, 4) is 11.1 Å². The van der Waals surface area contributed by atoms with Crippen molar-refractivity contribution >= 4 is 50.2 Å². The number of aryl methyl sites for hydroxylation is 1. The standard InChI is InChI=1S/C33H32BrN7O5/c1-19(42)30-24-11-21(23-14-35-20(2)36-15-23)5-7-25(24)40(39-30)16-29(43)41-26-12-33(13-27(33)41)18-46-10-4-3-9-45-17-22-6-8-28(34)37-31(22)38-32(26)44/h3-8,11,14-15,26-27H,9-10,12-13,16-18H2,1-2H3,(H,37,38,44)/b4-3+/t26-,27?,33?/m0/s1. The van der Waals surface area contributed by atoms with Crippen molar-refractivity contribution in [2.24, 2.45) is 5.41 Å².